The standard InChI is InChI=1S/C14H15NO5/c1-2-3-8-19-12(16)9-15-11-7-5-4-6-10(11)13(17)20-14(15)18/h4-7H,2-3,8-9H2,1H3. The molecule has 0 fully saturated rings. The zero-order valence-corrected chi connectivity index (χ0v) is 11.1. The first kappa shape index (κ1) is 14.0. The normalized spacial score (nSPS) is 10.7. The van der Waals surface area contributed by atoms with Crippen LogP contribution in [-0.2, 0) is 16.1 Å². The van der Waals surface area contributed by atoms with E-state index in [4.69, 9.17) is 4.74 Å². The van der Waals surface area contributed by atoms with Gasteiger partial charge >= 0.3 is 17.4 Å². The highest BCUT2D eigenvalue weighted by atomic mass is 16.5. The van der Waals surface area contributed by atoms with Gasteiger partial charge in [0.05, 0.1) is 17.5 Å². The van der Waals surface area contributed by atoms with Gasteiger partial charge in [-0.15, -0.1) is 0 Å². The van der Waals surface area contributed by atoms with E-state index in [0.29, 0.717) is 12.1 Å². The predicted octanol–water partition coefficient (Wildman–Crippen LogP) is 1.30. The Balaban J connectivity index is 2.32. The van der Waals surface area contributed by atoms with E-state index >= 15 is 0 Å². The maximum absolute atomic E-state index is 11.7. The van der Waals surface area contributed by atoms with Crippen LogP contribution < -0.4 is 11.4 Å². The van der Waals surface area contributed by atoms with Gasteiger partial charge in [0.25, 0.3) is 0 Å². The molecule has 1 aromatic heterocycles. The van der Waals surface area contributed by atoms with E-state index in [0.717, 1.165) is 17.4 Å². The van der Waals surface area contributed by atoms with Crippen LogP contribution in [-0.4, -0.2) is 17.1 Å². The molecule has 0 aliphatic rings. The molecule has 6 heteroatoms. The second-order valence-electron chi connectivity index (χ2n) is 4.33. The molecule has 1 aromatic carbocycles. The van der Waals surface area contributed by atoms with Crippen molar-refractivity contribution in [3.63, 3.8) is 0 Å². The van der Waals surface area contributed by atoms with E-state index < -0.39 is 17.4 Å². The molecule has 0 N–H and O–H groups in total. The lowest BCUT2D eigenvalue weighted by molar-refractivity contribution is -0.144. The van der Waals surface area contributed by atoms with Gasteiger partial charge in [0, 0.05) is 0 Å². The third-order valence-corrected chi connectivity index (χ3v) is 2.86. The summed E-state index contributed by atoms with van der Waals surface area (Å²) in [6.07, 6.45) is 1.68. The van der Waals surface area contributed by atoms with Gasteiger partial charge in [-0.2, -0.15) is 0 Å². The molecule has 106 valence electrons. The maximum Gasteiger partial charge on any atom is 0.422 e. The highest BCUT2D eigenvalue weighted by Gasteiger charge is 2.12. The second-order valence-corrected chi connectivity index (χ2v) is 4.33. The van der Waals surface area contributed by atoms with E-state index in [9.17, 15) is 14.4 Å². The Morgan fingerprint density at radius 2 is 2.05 bits per heavy atom. The molecular formula is C14H15NO5. The first-order valence-corrected chi connectivity index (χ1v) is 6.41. The van der Waals surface area contributed by atoms with Gasteiger partial charge in [0.1, 0.15) is 6.54 Å². The van der Waals surface area contributed by atoms with Crippen molar-refractivity contribution in [3.05, 3.63) is 45.2 Å². The van der Waals surface area contributed by atoms with E-state index in [1.807, 2.05) is 6.92 Å². The number of carbonyl (C=O) groups excluding carboxylic acids is 1. The Kier molecular flexibility index (Phi) is 4.34. The lowest BCUT2D eigenvalue weighted by Crippen LogP contribution is -2.28. The van der Waals surface area contributed by atoms with Gasteiger partial charge in [-0.1, -0.05) is 25.5 Å². The summed E-state index contributed by atoms with van der Waals surface area (Å²) >= 11 is 0. The topological polar surface area (TPSA) is 78.5 Å². The van der Waals surface area contributed by atoms with Crippen molar-refractivity contribution in [1.29, 1.82) is 0 Å². The molecule has 0 spiro atoms. The number of hydrogen-bond acceptors (Lipinski definition) is 5. The number of esters is 1. The van der Waals surface area contributed by atoms with Crippen molar-refractivity contribution in [2.75, 3.05) is 6.61 Å². The number of carbonyl (C=O) groups is 1. The number of ether oxygens (including phenoxy) is 1. The first-order valence-electron chi connectivity index (χ1n) is 6.41. The summed E-state index contributed by atoms with van der Waals surface area (Å²) < 4.78 is 10.7. The first-order chi connectivity index (χ1) is 9.63. The van der Waals surface area contributed by atoms with Crippen LogP contribution in [0.1, 0.15) is 19.8 Å². The highest BCUT2D eigenvalue weighted by molar-refractivity contribution is 5.79. The molecule has 1 heterocycles. The molecule has 6 nitrogen and oxygen atoms in total. The number of aromatic nitrogens is 1. The predicted molar refractivity (Wildman–Crippen MR) is 72.6 cm³/mol. The number of hydrogen-bond donors (Lipinski definition) is 0. The molecule has 0 atom stereocenters. The van der Waals surface area contributed by atoms with Crippen LogP contribution in [0, 0.1) is 0 Å². The average molecular weight is 277 g/mol. The quantitative estimate of drug-likeness (QED) is 0.608. The largest absolute Gasteiger partial charge is 0.464 e. The number of rotatable bonds is 5. The SMILES string of the molecule is CCCCOC(=O)Cn1c(=O)oc(=O)c2ccccc21. The van der Waals surface area contributed by atoms with Gasteiger partial charge in [-0.25, -0.2) is 9.59 Å². The minimum Gasteiger partial charge on any atom is -0.464 e. The minimum absolute atomic E-state index is 0.258. The van der Waals surface area contributed by atoms with Crippen LogP contribution in [0.25, 0.3) is 10.9 Å². The van der Waals surface area contributed by atoms with Crippen molar-refractivity contribution in [1.82, 2.24) is 4.57 Å². The molecule has 2 rings (SSSR count). The van der Waals surface area contributed by atoms with E-state index in [2.05, 4.69) is 4.42 Å². The summed E-state index contributed by atoms with van der Waals surface area (Å²) in [7, 11) is 0. The molecular weight excluding hydrogens is 262 g/mol. The third-order valence-electron chi connectivity index (χ3n) is 2.86. The van der Waals surface area contributed by atoms with E-state index in [1.54, 1.807) is 24.3 Å². The zero-order valence-electron chi connectivity index (χ0n) is 11.1. The van der Waals surface area contributed by atoms with Crippen LogP contribution in [0.15, 0.2) is 38.3 Å². The van der Waals surface area contributed by atoms with Crippen LogP contribution in [0.2, 0.25) is 0 Å². The van der Waals surface area contributed by atoms with Crippen LogP contribution >= 0.6 is 0 Å². The fraction of sp³-hybridized carbons (Fsp3) is 0.357. The Labute approximate surface area is 114 Å². The molecule has 0 saturated heterocycles. The summed E-state index contributed by atoms with van der Waals surface area (Å²) in [4.78, 5) is 34.9. The number of nitrogens with zero attached hydrogens (tertiary/aromatic N) is 1. The maximum atomic E-state index is 11.7. The number of fused-ring (bicyclic) bond motifs is 1. The Hall–Kier alpha value is -2.37. The van der Waals surface area contributed by atoms with Gasteiger partial charge in [-0.05, 0) is 18.6 Å². The smallest absolute Gasteiger partial charge is 0.422 e. The third kappa shape index (κ3) is 2.96. The van der Waals surface area contributed by atoms with E-state index in [-0.39, 0.29) is 11.9 Å². The van der Waals surface area contributed by atoms with Crippen LogP contribution in [0.5, 0.6) is 0 Å². The summed E-state index contributed by atoms with van der Waals surface area (Å²) in [5, 5.41) is 0.258. The van der Waals surface area contributed by atoms with Crippen molar-refractivity contribution in [3.8, 4) is 0 Å². The summed E-state index contributed by atoms with van der Waals surface area (Å²) in [6, 6.07) is 6.47. The van der Waals surface area contributed by atoms with Gasteiger partial charge in [0.2, 0.25) is 0 Å². The molecule has 0 amide bonds. The minimum atomic E-state index is -0.860. The van der Waals surface area contributed by atoms with Crippen molar-refractivity contribution in [2.45, 2.75) is 26.3 Å². The van der Waals surface area contributed by atoms with Crippen molar-refractivity contribution in [2.24, 2.45) is 0 Å². The number of para-hydroxylation sites is 1. The van der Waals surface area contributed by atoms with Gasteiger partial charge in [-0.3, -0.25) is 9.36 Å². The van der Waals surface area contributed by atoms with Crippen molar-refractivity contribution >= 4 is 16.9 Å². The number of benzene rings is 1. The van der Waals surface area contributed by atoms with Gasteiger partial charge in [0.15, 0.2) is 0 Å². The van der Waals surface area contributed by atoms with Crippen molar-refractivity contribution < 1.29 is 13.9 Å². The summed E-state index contributed by atoms with van der Waals surface area (Å²) in [5.41, 5.74) is -0.345. The fourth-order valence-electron chi connectivity index (χ4n) is 1.82. The molecule has 2 aromatic rings. The van der Waals surface area contributed by atoms with E-state index in [1.165, 1.54) is 0 Å². The lowest BCUT2D eigenvalue weighted by Gasteiger charge is -2.08. The second kappa shape index (κ2) is 6.18. The average Bonchev–Trinajstić information content (AvgIpc) is 2.44. The molecule has 0 aliphatic carbocycles. The Morgan fingerprint density at radius 3 is 2.80 bits per heavy atom. The Morgan fingerprint density at radius 1 is 1.30 bits per heavy atom. The fourth-order valence-corrected chi connectivity index (χ4v) is 1.82. The molecule has 0 radical (unpaired) electrons. The molecule has 0 aliphatic heterocycles. The lowest BCUT2D eigenvalue weighted by atomic mass is 10.2. The molecule has 0 unspecified atom stereocenters. The van der Waals surface area contributed by atoms with Crippen LogP contribution in [0.4, 0.5) is 0 Å². The molecule has 0 saturated carbocycles. The summed E-state index contributed by atoms with van der Waals surface area (Å²) in [5.74, 6) is -1.39. The monoisotopic (exact) mass is 277 g/mol. The zero-order chi connectivity index (χ0) is 14.5. The summed E-state index contributed by atoms with van der Waals surface area (Å²) in [6.45, 7) is 2.03. The molecule has 20 heavy (non-hydrogen) atoms. The van der Waals surface area contributed by atoms with Crippen LogP contribution in [0.3, 0.4) is 0 Å². The highest BCUT2D eigenvalue weighted by Crippen LogP contribution is 2.07. The Bertz CT molecular complexity index is 728. The number of unbranched alkanes of at least 4 members (excludes halogenated alkanes) is 1. The molecule has 0 bridgehead atoms. The van der Waals surface area contributed by atoms with Gasteiger partial charge < -0.3 is 9.15 Å².